The van der Waals surface area contributed by atoms with Crippen LogP contribution in [0.5, 0.6) is 5.75 Å². The number of nitrogens with two attached hydrogens (primary N) is 1. The molecule has 0 bridgehead atoms. The van der Waals surface area contributed by atoms with Crippen LogP contribution in [0.3, 0.4) is 0 Å². The van der Waals surface area contributed by atoms with Crippen LogP contribution in [0.25, 0.3) is 0 Å². The third-order valence-electron chi connectivity index (χ3n) is 2.01. The number of hydrogen-bond donors (Lipinski definition) is 3. The van der Waals surface area contributed by atoms with E-state index >= 15 is 0 Å². The Hall–Kier alpha value is -1.01. The molecule has 4 N–H and O–H groups in total. The highest BCUT2D eigenvalue weighted by Gasteiger charge is 2.03. The van der Waals surface area contributed by atoms with Crippen LogP contribution >= 0.6 is 28.3 Å². The van der Waals surface area contributed by atoms with E-state index in [2.05, 4.69) is 21.2 Å². The number of halogens is 3. The van der Waals surface area contributed by atoms with Crippen molar-refractivity contribution in [1.82, 2.24) is 5.32 Å². The van der Waals surface area contributed by atoms with Gasteiger partial charge in [0.15, 0.2) is 5.96 Å². The molecule has 0 aliphatic rings. The van der Waals surface area contributed by atoms with E-state index in [1.54, 1.807) is 6.07 Å². The fourth-order valence-corrected chi connectivity index (χ4v) is 1.75. The standard InChI is InChI=1S/C11H15BrFN3O.ClH/c12-9-6-8(7-16-11(14)15)2-3-10(9)17-5-1-4-13;/h2-3,6H,1,4-5,7H2,(H4,14,15,16);1H/i13-1;. The first-order valence-corrected chi connectivity index (χ1v) is 5.98. The molecule has 0 saturated heterocycles. The number of nitrogens with one attached hydrogen (secondary N) is 2. The molecule has 0 saturated carbocycles. The Labute approximate surface area is 120 Å². The van der Waals surface area contributed by atoms with Crippen molar-refractivity contribution in [3.05, 3.63) is 28.2 Å². The van der Waals surface area contributed by atoms with Crippen molar-refractivity contribution in [2.45, 2.75) is 13.0 Å². The van der Waals surface area contributed by atoms with Gasteiger partial charge in [-0.25, -0.2) is 0 Å². The van der Waals surface area contributed by atoms with Gasteiger partial charge in [0.25, 0.3) is 0 Å². The molecule has 1 aromatic rings. The van der Waals surface area contributed by atoms with Crippen molar-refractivity contribution < 1.29 is 9.13 Å². The van der Waals surface area contributed by atoms with E-state index in [1.807, 2.05) is 12.1 Å². The largest absolute Gasteiger partial charge is 0.492 e. The highest BCUT2D eigenvalue weighted by atomic mass is 79.9. The summed E-state index contributed by atoms with van der Waals surface area (Å²) in [4.78, 5) is 0. The predicted octanol–water partition coefficient (Wildman–Crippen LogP) is 2.59. The predicted molar refractivity (Wildman–Crippen MR) is 76.2 cm³/mol. The number of guanidine groups is 1. The van der Waals surface area contributed by atoms with E-state index in [4.69, 9.17) is 15.9 Å². The summed E-state index contributed by atoms with van der Waals surface area (Å²) in [6.07, 6.45) is 0.389. The Balaban J connectivity index is 0.00000289. The molecule has 0 unspecified atom stereocenters. The second-order valence-electron chi connectivity index (χ2n) is 3.42. The molecular weight excluding hydrogens is 323 g/mol. The molecule has 1 aromatic carbocycles. The maximum absolute atomic E-state index is 11.9. The Morgan fingerprint density at radius 1 is 1.50 bits per heavy atom. The average Bonchev–Trinajstić information content (AvgIpc) is 2.29. The van der Waals surface area contributed by atoms with Crippen molar-refractivity contribution in [3.8, 4) is 5.75 Å². The topological polar surface area (TPSA) is 71.1 Å². The Kier molecular flexibility index (Phi) is 8.49. The number of ether oxygens (including phenoxy) is 1. The monoisotopic (exact) mass is 338 g/mol. The van der Waals surface area contributed by atoms with Crippen molar-refractivity contribution >= 4 is 34.3 Å². The average molecular weight is 340 g/mol. The van der Waals surface area contributed by atoms with Gasteiger partial charge in [0.05, 0.1) is 17.8 Å². The summed E-state index contributed by atoms with van der Waals surface area (Å²) in [5.41, 5.74) is 6.17. The van der Waals surface area contributed by atoms with Gasteiger partial charge < -0.3 is 15.8 Å². The first-order valence-electron chi connectivity index (χ1n) is 5.18. The summed E-state index contributed by atoms with van der Waals surface area (Å²) < 4.78 is 18.1. The zero-order valence-corrected chi connectivity index (χ0v) is 12.1. The van der Waals surface area contributed by atoms with Crippen LogP contribution < -0.4 is 15.8 Å². The highest BCUT2D eigenvalue weighted by Crippen LogP contribution is 2.26. The summed E-state index contributed by atoms with van der Waals surface area (Å²) in [5, 5.41) is 9.76. The van der Waals surface area contributed by atoms with Crippen LogP contribution in [0.4, 0.5) is 4.39 Å². The summed E-state index contributed by atoms with van der Waals surface area (Å²) in [5.74, 6) is 0.620. The molecule has 1 rings (SSSR count). The molecule has 0 aromatic heterocycles. The minimum Gasteiger partial charge on any atom is -0.492 e. The number of hydrogen-bond acceptors (Lipinski definition) is 2. The fraction of sp³-hybridized carbons (Fsp3) is 0.364. The minimum atomic E-state index is -0.377. The van der Waals surface area contributed by atoms with Gasteiger partial charge in [-0.2, -0.15) is 0 Å². The van der Waals surface area contributed by atoms with Gasteiger partial charge in [-0.05, 0) is 33.6 Å². The molecule has 0 spiro atoms. The maximum atomic E-state index is 11.9. The van der Waals surface area contributed by atoms with E-state index in [9.17, 15) is 4.39 Å². The van der Waals surface area contributed by atoms with Crippen molar-refractivity contribution in [3.63, 3.8) is 0 Å². The molecule has 0 aliphatic carbocycles. The molecular formula is C11H16BrClFN3O. The lowest BCUT2D eigenvalue weighted by Crippen LogP contribution is -2.29. The summed E-state index contributed by atoms with van der Waals surface area (Å²) in [6.45, 7) is 0.469. The molecule has 0 fully saturated rings. The van der Waals surface area contributed by atoms with Crippen LogP contribution in [-0.4, -0.2) is 19.2 Å². The molecule has 0 atom stereocenters. The van der Waals surface area contributed by atoms with E-state index in [-0.39, 0.29) is 25.0 Å². The Bertz CT molecular complexity index is 393. The van der Waals surface area contributed by atoms with Gasteiger partial charge >= 0.3 is 0 Å². The molecule has 102 valence electrons. The third-order valence-corrected chi connectivity index (χ3v) is 2.63. The fourth-order valence-electron chi connectivity index (χ4n) is 1.21. The first kappa shape index (κ1) is 17.0. The quantitative estimate of drug-likeness (QED) is 0.424. The molecule has 0 radical (unpaired) electrons. The number of benzene rings is 1. The van der Waals surface area contributed by atoms with Gasteiger partial charge in [-0.15, -0.1) is 12.4 Å². The van der Waals surface area contributed by atoms with E-state index in [0.717, 1.165) is 10.0 Å². The lowest BCUT2D eigenvalue weighted by Gasteiger charge is -2.09. The van der Waals surface area contributed by atoms with Crippen molar-refractivity contribution in [2.24, 2.45) is 5.73 Å². The van der Waals surface area contributed by atoms with Crippen molar-refractivity contribution in [1.29, 1.82) is 5.41 Å². The van der Waals surface area contributed by atoms with Gasteiger partial charge in [0.2, 0.25) is 0 Å². The smallest absolute Gasteiger partial charge is 0.185 e. The van der Waals surface area contributed by atoms with E-state index in [1.165, 1.54) is 0 Å². The van der Waals surface area contributed by atoms with E-state index in [0.29, 0.717) is 25.3 Å². The Morgan fingerprint density at radius 2 is 2.22 bits per heavy atom. The van der Waals surface area contributed by atoms with Crippen LogP contribution in [0, 0.1) is 5.41 Å². The molecule has 4 nitrogen and oxygen atoms in total. The van der Waals surface area contributed by atoms with Crippen LogP contribution in [0.15, 0.2) is 22.7 Å². The Morgan fingerprint density at radius 3 is 2.78 bits per heavy atom. The van der Waals surface area contributed by atoms with Gasteiger partial charge in [-0.1, -0.05) is 6.07 Å². The van der Waals surface area contributed by atoms with Crippen molar-refractivity contribution in [2.75, 3.05) is 13.3 Å². The lowest BCUT2D eigenvalue weighted by molar-refractivity contribution is 0.288. The highest BCUT2D eigenvalue weighted by molar-refractivity contribution is 9.10. The van der Waals surface area contributed by atoms with Gasteiger partial charge in [0.1, 0.15) is 5.75 Å². The second kappa shape index (κ2) is 8.99. The van der Waals surface area contributed by atoms with Crippen LogP contribution in [0.2, 0.25) is 0 Å². The molecule has 7 heteroatoms. The van der Waals surface area contributed by atoms with Crippen LogP contribution in [0.1, 0.15) is 12.0 Å². The van der Waals surface area contributed by atoms with Gasteiger partial charge in [0, 0.05) is 13.0 Å². The molecule has 18 heavy (non-hydrogen) atoms. The first-order chi connectivity index (χ1) is 8.13. The normalized spacial score (nSPS) is 9.44. The third kappa shape index (κ3) is 6.07. The molecule has 0 amide bonds. The number of rotatable bonds is 6. The SMILES string of the molecule is Cl.N=C(N)NCc1ccc(OCCC[18F])c(Br)c1. The zero-order valence-electron chi connectivity index (χ0n) is 9.71. The van der Waals surface area contributed by atoms with Gasteiger partial charge in [-0.3, -0.25) is 9.80 Å². The summed E-state index contributed by atoms with van der Waals surface area (Å²) in [7, 11) is 0. The molecule has 0 heterocycles. The zero-order chi connectivity index (χ0) is 12.7. The van der Waals surface area contributed by atoms with Crippen LogP contribution in [-0.2, 0) is 6.54 Å². The number of alkyl halides is 1. The second-order valence-corrected chi connectivity index (χ2v) is 4.28. The maximum Gasteiger partial charge on any atom is 0.185 e. The lowest BCUT2D eigenvalue weighted by atomic mass is 10.2. The minimum absolute atomic E-state index is 0. The molecule has 0 aliphatic heterocycles. The van der Waals surface area contributed by atoms with E-state index < -0.39 is 0 Å². The summed E-state index contributed by atoms with van der Waals surface area (Å²) >= 11 is 3.37. The summed E-state index contributed by atoms with van der Waals surface area (Å²) in [6, 6.07) is 5.55.